The molecule has 0 atom stereocenters. The minimum Gasteiger partial charge on any atom is 3.00 e. The smallest absolute Gasteiger partial charge is 3.00 e. The quantitative estimate of drug-likeness (QED) is 0.0790. The Hall–Kier alpha value is -2.47. The van der Waals surface area contributed by atoms with Gasteiger partial charge in [0, 0.05) is 61.3 Å². The fourth-order valence-corrected chi connectivity index (χ4v) is 3.70. The molecule has 20 heteroatoms. The van der Waals surface area contributed by atoms with Crippen LogP contribution in [0.25, 0.3) is 0 Å². The van der Waals surface area contributed by atoms with E-state index in [1.807, 2.05) is 13.8 Å². The molecule has 0 N–H and O–H groups in total. The predicted octanol–water partition coefficient (Wildman–Crippen LogP) is 5.40. The molecule has 0 saturated carbocycles. The Kier molecular flexibility index (Phi) is 14.2. The van der Waals surface area contributed by atoms with Crippen molar-refractivity contribution in [3.05, 3.63) is 48.6 Å². The maximum Gasteiger partial charge on any atom is 3.00 e. The molecule has 0 aromatic carbocycles. The van der Waals surface area contributed by atoms with Crippen LogP contribution in [0.15, 0.2) is 57.6 Å². The zero-order valence-electron chi connectivity index (χ0n) is 22.7. The number of likely N-dealkylation sites (tertiary alicyclic amines) is 2. The van der Waals surface area contributed by atoms with Crippen LogP contribution in [0.4, 0.5) is 25.2 Å². The molecule has 0 amide bonds. The van der Waals surface area contributed by atoms with E-state index in [9.17, 15) is 25.2 Å². The van der Waals surface area contributed by atoms with E-state index in [0.717, 1.165) is 49.0 Å². The van der Waals surface area contributed by atoms with Crippen LogP contribution in [0.3, 0.4) is 0 Å². The third-order valence-corrected chi connectivity index (χ3v) is 5.87. The molecular formula is C22H28F6GaN10PS2. The first kappa shape index (κ1) is 37.6. The molecule has 2 aromatic heterocycles. The van der Waals surface area contributed by atoms with Gasteiger partial charge in [0.05, 0.1) is 23.8 Å². The summed E-state index contributed by atoms with van der Waals surface area (Å²) in [5, 5.41) is 17.4. The van der Waals surface area contributed by atoms with Crippen molar-refractivity contribution >= 4 is 74.6 Å². The van der Waals surface area contributed by atoms with E-state index in [1.54, 1.807) is 37.2 Å². The van der Waals surface area contributed by atoms with E-state index in [1.165, 1.54) is 25.7 Å². The molecule has 4 rings (SSSR count). The van der Waals surface area contributed by atoms with Crippen molar-refractivity contribution in [1.29, 1.82) is 0 Å². The average molecular weight is 711 g/mol. The first-order chi connectivity index (χ1) is 19.0. The average Bonchev–Trinajstić information content (AvgIpc) is 3.65. The minimum atomic E-state index is -10.7. The monoisotopic (exact) mass is 710 g/mol. The maximum absolute atomic E-state index is 10.7. The van der Waals surface area contributed by atoms with Gasteiger partial charge in [-0.3, -0.25) is 19.9 Å². The Labute approximate surface area is 263 Å². The molecule has 2 aliphatic heterocycles. The predicted molar refractivity (Wildman–Crippen MR) is 159 cm³/mol. The fourth-order valence-electron chi connectivity index (χ4n) is 3.25. The van der Waals surface area contributed by atoms with Crippen LogP contribution in [0.5, 0.6) is 0 Å². The van der Waals surface area contributed by atoms with Crippen LogP contribution < -0.4 is 0 Å². The fraction of sp³-hybridized carbons (Fsp3) is 0.455. The van der Waals surface area contributed by atoms with Gasteiger partial charge >= 0.3 is 52.8 Å². The molecule has 10 nitrogen and oxygen atoms in total. The van der Waals surface area contributed by atoms with Crippen molar-refractivity contribution in [2.75, 3.05) is 26.2 Å². The summed E-state index contributed by atoms with van der Waals surface area (Å²) in [4.78, 5) is 20.4. The summed E-state index contributed by atoms with van der Waals surface area (Å²) in [5.74, 6) is 0. The summed E-state index contributed by atoms with van der Waals surface area (Å²) in [6.45, 7) is 7.65. The number of rotatable bonds is 4. The van der Waals surface area contributed by atoms with Gasteiger partial charge in [-0.15, -0.1) is 0 Å². The third kappa shape index (κ3) is 17.5. The Morgan fingerprint density at radius 2 is 0.952 bits per heavy atom. The molecule has 0 unspecified atom stereocenters. The Bertz CT molecular complexity index is 1150. The molecule has 2 saturated heterocycles. The van der Waals surface area contributed by atoms with Gasteiger partial charge < -0.3 is 35.1 Å². The van der Waals surface area contributed by atoms with Crippen molar-refractivity contribution in [1.82, 2.24) is 29.7 Å². The SMILES string of the molecule is C/C(=N\N=C(/[S-])N1CCCC1)c1cnccn1.C/C(=N\N=C(/[S-])N1CCCC1)c1cnccn1.F[P-](F)(F)(F)(F)F.[Ga+3]. The summed E-state index contributed by atoms with van der Waals surface area (Å²) >= 11 is 10.4. The molecule has 2 aliphatic rings. The molecule has 4 heterocycles. The molecule has 228 valence electrons. The number of halogens is 6. The topological polar surface area (TPSA) is 107 Å². The summed E-state index contributed by atoms with van der Waals surface area (Å²) in [6.07, 6.45) is 14.6. The van der Waals surface area contributed by atoms with E-state index < -0.39 is 7.81 Å². The Morgan fingerprint density at radius 3 is 1.21 bits per heavy atom. The van der Waals surface area contributed by atoms with Crippen LogP contribution in [0.2, 0.25) is 0 Å². The molecule has 42 heavy (non-hydrogen) atoms. The molecule has 0 radical (unpaired) electrons. The molecule has 2 aromatic rings. The van der Waals surface area contributed by atoms with E-state index in [0.29, 0.717) is 10.3 Å². The van der Waals surface area contributed by atoms with Crippen molar-refractivity contribution in [2.24, 2.45) is 20.4 Å². The number of amidine groups is 2. The van der Waals surface area contributed by atoms with Gasteiger partial charge in [-0.1, -0.05) is 0 Å². The second-order valence-corrected chi connectivity index (χ2v) is 11.3. The van der Waals surface area contributed by atoms with Crippen molar-refractivity contribution in [3.8, 4) is 0 Å². The summed E-state index contributed by atoms with van der Waals surface area (Å²) < 4.78 is 59.2. The minimum absolute atomic E-state index is 0. The second-order valence-electron chi connectivity index (χ2n) is 8.66. The van der Waals surface area contributed by atoms with Gasteiger partial charge in [-0.25, -0.2) is 0 Å². The van der Waals surface area contributed by atoms with Crippen LogP contribution >= 0.6 is 7.81 Å². The standard InChI is InChI=1S/2C11H15N5S.F6P.Ga/c2*1-9(10-8-12-4-5-13-10)14-15-11(17)16-6-2-3-7-16;1-7(2,3,4,5)6;/h2*4-5,8H,2-3,6-7H2,1H3,(H,15,17);;/q;;-1;+3/p-2/b2*14-9+;;. The summed E-state index contributed by atoms with van der Waals surface area (Å²) in [6, 6.07) is 0. The van der Waals surface area contributed by atoms with E-state index in [-0.39, 0.29) is 19.8 Å². The van der Waals surface area contributed by atoms with Gasteiger partial charge in [0.25, 0.3) is 0 Å². The number of hydrogen-bond acceptors (Lipinski definition) is 10. The van der Waals surface area contributed by atoms with Crippen molar-refractivity contribution < 1.29 is 25.2 Å². The van der Waals surface area contributed by atoms with E-state index in [2.05, 4.69) is 50.1 Å². The number of nitrogens with zero attached hydrogens (tertiary/aromatic N) is 10. The van der Waals surface area contributed by atoms with E-state index in [4.69, 9.17) is 25.3 Å². The van der Waals surface area contributed by atoms with Crippen molar-refractivity contribution in [2.45, 2.75) is 39.5 Å². The third-order valence-electron chi connectivity index (χ3n) is 5.19. The zero-order chi connectivity index (χ0) is 30.6. The Morgan fingerprint density at radius 1 is 0.643 bits per heavy atom. The van der Waals surface area contributed by atoms with Gasteiger partial charge in [-0.05, 0) is 39.5 Å². The maximum atomic E-state index is 9.87. The Balaban J connectivity index is 0.000000338. The summed E-state index contributed by atoms with van der Waals surface area (Å²) in [5.41, 5.74) is 2.89. The van der Waals surface area contributed by atoms with E-state index >= 15 is 0 Å². The second kappa shape index (κ2) is 15.8. The normalized spacial score (nSPS) is 18.1. The van der Waals surface area contributed by atoms with Gasteiger partial charge in [0.2, 0.25) is 0 Å². The molecule has 2 fully saturated rings. The first-order valence-electron chi connectivity index (χ1n) is 12.2. The molecule has 0 aliphatic carbocycles. The molecule has 0 bridgehead atoms. The largest absolute Gasteiger partial charge is 3.00 e. The van der Waals surface area contributed by atoms with Crippen LogP contribution in [-0.2, 0) is 25.3 Å². The molecule has 0 spiro atoms. The van der Waals surface area contributed by atoms with Crippen LogP contribution in [0.1, 0.15) is 50.9 Å². The first-order valence-corrected chi connectivity index (χ1v) is 15.0. The van der Waals surface area contributed by atoms with Crippen LogP contribution in [-0.4, -0.2) is 97.5 Å². The van der Waals surface area contributed by atoms with Gasteiger partial charge in [0.1, 0.15) is 11.4 Å². The van der Waals surface area contributed by atoms with Crippen LogP contribution in [0, 0.1) is 0 Å². The zero-order valence-corrected chi connectivity index (χ0v) is 27.7. The van der Waals surface area contributed by atoms with Crippen molar-refractivity contribution in [3.63, 3.8) is 0 Å². The molecular weight excluding hydrogens is 683 g/mol. The van der Waals surface area contributed by atoms with Gasteiger partial charge in [0.15, 0.2) is 0 Å². The summed E-state index contributed by atoms with van der Waals surface area (Å²) in [7, 11) is -10.7. The number of aromatic nitrogens is 4. The van der Waals surface area contributed by atoms with Gasteiger partial charge in [-0.2, -0.15) is 20.4 Å². The number of hydrogen-bond donors (Lipinski definition) is 0.